The first-order valence-corrected chi connectivity index (χ1v) is 8.95. The van der Waals surface area contributed by atoms with Crippen LogP contribution in [-0.4, -0.2) is 51.4 Å². The number of amides is 2. The van der Waals surface area contributed by atoms with Crippen molar-refractivity contribution in [2.45, 2.75) is 38.0 Å². The van der Waals surface area contributed by atoms with Crippen LogP contribution in [0.4, 0.5) is 5.69 Å². The molecule has 0 aromatic heterocycles. The molecule has 2 N–H and O–H groups in total. The van der Waals surface area contributed by atoms with Crippen LogP contribution >= 0.6 is 11.8 Å². The molecule has 2 rings (SSSR count). The molecule has 1 aliphatic rings. The van der Waals surface area contributed by atoms with Crippen LogP contribution < -0.4 is 5.32 Å². The number of nitrogens with one attached hydrogen (secondary N) is 1. The third-order valence-electron chi connectivity index (χ3n) is 3.97. The number of aryl methyl sites for hydroxylation is 1. The van der Waals surface area contributed by atoms with Crippen molar-refractivity contribution in [2.75, 3.05) is 17.6 Å². The molecule has 1 saturated heterocycles. The van der Waals surface area contributed by atoms with Crippen molar-refractivity contribution in [1.29, 1.82) is 0 Å². The number of benzene rings is 1. The highest BCUT2D eigenvalue weighted by molar-refractivity contribution is 8.01. The standard InChI is InChI=1S/C17H22N2O4S/c1-11-5-7-13(8-6-11)18-15(20)10-24-12(2)16(21)19-9-3-4-14(19)17(22)23/h5-8,12,14H,3-4,9-10H2,1-2H3,(H,18,20)(H,22,23)/t12?,14-/m0/s1. The third kappa shape index (κ3) is 4.74. The molecule has 6 nitrogen and oxygen atoms in total. The van der Waals surface area contributed by atoms with Crippen LogP contribution in [0.5, 0.6) is 0 Å². The van der Waals surface area contributed by atoms with Crippen molar-refractivity contribution in [3.8, 4) is 0 Å². The first-order valence-electron chi connectivity index (χ1n) is 7.90. The molecule has 0 radical (unpaired) electrons. The summed E-state index contributed by atoms with van der Waals surface area (Å²) < 4.78 is 0. The predicted octanol–water partition coefficient (Wildman–Crippen LogP) is 2.13. The Labute approximate surface area is 145 Å². The molecule has 7 heteroatoms. The molecular weight excluding hydrogens is 328 g/mol. The van der Waals surface area contributed by atoms with Gasteiger partial charge in [-0.3, -0.25) is 9.59 Å². The molecule has 2 amide bonds. The largest absolute Gasteiger partial charge is 0.480 e. The van der Waals surface area contributed by atoms with Crippen molar-refractivity contribution in [3.05, 3.63) is 29.8 Å². The van der Waals surface area contributed by atoms with Gasteiger partial charge in [0.25, 0.3) is 0 Å². The lowest BCUT2D eigenvalue weighted by Crippen LogP contribution is -2.44. The summed E-state index contributed by atoms with van der Waals surface area (Å²) in [7, 11) is 0. The molecule has 0 saturated carbocycles. The molecule has 1 aliphatic heterocycles. The Balaban J connectivity index is 1.82. The van der Waals surface area contributed by atoms with E-state index in [4.69, 9.17) is 5.11 Å². The minimum absolute atomic E-state index is 0.145. The van der Waals surface area contributed by atoms with E-state index in [1.165, 1.54) is 16.7 Å². The third-order valence-corrected chi connectivity index (χ3v) is 5.10. The normalized spacial score (nSPS) is 18.2. The van der Waals surface area contributed by atoms with Gasteiger partial charge in [-0.25, -0.2) is 4.79 Å². The zero-order valence-corrected chi connectivity index (χ0v) is 14.6. The second kappa shape index (κ2) is 8.19. The number of nitrogens with zero attached hydrogens (tertiary/aromatic N) is 1. The van der Waals surface area contributed by atoms with Gasteiger partial charge in [0, 0.05) is 12.2 Å². The lowest BCUT2D eigenvalue weighted by atomic mass is 10.2. The van der Waals surface area contributed by atoms with Gasteiger partial charge in [0.05, 0.1) is 11.0 Å². The lowest BCUT2D eigenvalue weighted by Gasteiger charge is -2.24. The Morgan fingerprint density at radius 2 is 2.00 bits per heavy atom. The van der Waals surface area contributed by atoms with Gasteiger partial charge in [-0.15, -0.1) is 11.8 Å². The second-order valence-corrected chi connectivity index (χ2v) is 7.22. The van der Waals surface area contributed by atoms with Crippen molar-refractivity contribution < 1.29 is 19.5 Å². The Hall–Kier alpha value is -2.02. The second-order valence-electron chi connectivity index (χ2n) is 5.90. The molecule has 1 heterocycles. The van der Waals surface area contributed by atoms with Crippen LogP contribution in [0.1, 0.15) is 25.3 Å². The molecular formula is C17H22N2O4S. The molecule has 24 heavy (non-hydrogen) atoms. The van der Waals surface area contributed by atoms with E-state index in [0.717, 1.165) is 11.3 Å². The summed E-state index contributed by atoms with van der Waals surface area (Å²) in [5.74, 6) is -1.21. The molecule has 1 fully saturated rings. The lowest BCUT2D eigenvalue weighted by molar-refractivity contribution is -0.147. The molecule has 1 aromatic rings. The highest BCUT2D eigenvalue weighted by Crippen LogP contribution is 2.22. The average Bonchev–Trinajstić information content (AvgIpc) is 3.04. The van der Waals surface area contributed by atoms with Gasteiger partial charge in [-0.1, -0.05) is 17.7 Å². The molecule has 0 spiro atoms. The number of carbonyl (C=O) groups excluding carboxylic acids is 2. The van der Waals surface area contributed by atoms with E-state index in [0.29, 0.717) is 19.4 Å². The van der Waals surface area contributed by atoms with Crippen LogP contribution in [0.3, 0.4) is 0 Å². The number of hydrogen-bond acceptors (Lipinski definition) is 4. The summed E-state index contributed by atoms with van der Waals surface area (Å²) in [6, 6.07) is 6.74. The van der Waals surface area contributed by atoms with E-state index < -0.39 is 17.3 Å². The number of rotatable bonds is 6. The van der Waals surface area contributed by atoms with Crippen molar-refractivity contribution in [1.82, 2.24) is 4.90 Å². The van der Waals surface area contributed by atoms with Gasteiger partial charge >= 0.3 is 5.97 Å². The number of carbonyl (C=O) groups is 3. The van der Waals surface area contributed by atoms with Gasteiger partial charge in [0.2, 0.25) is 11.8 Å². The van der Waals surface area contributed by atoms with E-state index in [1.807, 2.05) is 31.2 Å². The van der Waals surface area contributed by atoms with Gasteiger partial charge in [-0.05, 0) is 38.8 Å². The van der Waals surface area contributed by atoms with E-state index in [1.54, 1.807) is 6.92 Å². The van der Waals surface area contributed by atoms with Crippen LogP contribution in [0.15, 0.2) is 24.3 Å². The fourth-order valence-corrected chi connectivity index (χ4v) is 3.38. The smallest absolute Gasteiger partial charge is 0.326 e. The number of thioether (sulfide) groups is 1. The molecule has 1 unspecified atom stereocenters. The maximum absolute atomic E-state index is 12.4. The monoisotopic (exact) mass is 350 g/mol. The number of hydrogen-bond donors (Lipinski definition) is 2. The Bertz CT molecular complexity index is 618. The van der Waals surface area contributed by atoms with Crippen LogP contribution in [0.25, 0.3) is 0 Å². The first kappa shape index (κ1) is 18.3. The molecule has 2 atom stereocenters. The predicted molar refractivity (Wildman–Crippen MR) is 94.1 cm³/mol. The summed E-state index contributed by atoms with van der Waals surface area (Å²) in [6.07, 6.45) is 1.19. The highest BCUT2D eigenvalue weighted by atomic mass is 32.2. The highest BCUT2D eigenvalue weighted by Gasteiger charge is 2.35. The maximum Gasteiger partial charge on any atom is 0.326 e. The number of carboxylic acid groups (broad SMARTS) is 1. The summed E-state index contributed by atoms with van der Waals surface area (Å²) in [6.45, 7) is 4.15. The van der Waals surface area contributed by atoms with Crippen molar-refractivity contribution in [3.63, 3.8) is 0 Å². The van der Waals surface area contributed by atoms with Crippen molar-refractivity contribution >= 4 is 35.2 Å². The Morgan fingerprint density at radius 1 is 1.33 bits per heavy atom. The van der Waals surface area contributed by atoms with E-state index in [2.05, 4.69) is 5.32 Å². The summed E-state index contributed by atoms with van der Waals surface area (Å²) in [5.41, 5.74) is 1.83. The van der Waals surface area contributed by atoms with E-state index >= 15 is 0 Å². The minimum atomic E-state index is -0.963. The van der Waals surface area contributed by atoms with Gasteiger partial charge in [0.1, 0.15) is 6.04 Å². The van der Waals surface area contributed by atoms with Gasteiger partial charge in [0.15, 0.2) is 0 Å². The van der Waals surface area contributed by atoms with E-state index in [9.17, 15) is 14.4 Å². The topological polar surface area (TPSA) is 86.7 Å². The van der Waals surface area contributed by atoms with Crippen LogP contribution in [0.2, 0.25) is 0 Å². The summed E-state index contributed by atoms with van der Waals surface area (Å²) in [4.78, 5) is 36.9. The van der Waals surface area contributed by atoms with Crippen LogP contribution in [0, 0.1) is 6.92 Å². The zero-order chi connectivity index (χ0) is 17.7. The molecule has 1 aromatic carbocycles. The fourth-order valence-electron chi connectivity index (χ4n) is 2.63. The van der Waals surface area contributed by atoms with Gasteiger partial charge < -0.3 is 15.3 Å². The number of anilines is 1. The SMILES string of the molecule is Cc1ccc(NC(=O)CSC(C)C(=O)N2CCC[C@H]2C(=O)O)cc1. The molecule has 0 bridgehead atoms. The first-order chi connectivity index (χ1) is 11.4. The average molecular weight is 350 g/mol. The maximum atomic E-state index is 12.4. The van der Waals surface area contributed by atoms with Crippen LogP contribution in [-0.2, 0) is 14.4 Å². The Morgan fingerprint density at radius 3 is 2.62 bits per heavy atom. The van der Waals surface area contributed by atoms with E-state index in [-0.39, 0.29) is 17.6 Å². The minimum Gasteiger partial charge on any atom is -0.480 e. The molecule has 0 aliphatic carbocycles. The Kier molecular flexibility index (Phi) is 6.25. The number of aliphatic carboxylic acids is 1. The molecule has 130 valence electrons. The quantitative estimate of drug-likeness (QED) is 0.821. The number of carboxylic acids is 1. The summed E-state index contributed by atoms with van der Waals surface area (Å²) in [5, 5.41) is 11.5. The van der Waals surface area contributed by atoms with Gasteiger partial charge in [-0.2, -0.15) is 0 Å². The summed E-state index contributed by atoms with van der Waals surface area (Å²) >= 11 is 1.22. The zero-order valence-electron chi connectivity index (χ0n) is 13.8. The van der Waals surface area contributed by atoms with Crippen molar-refractivity contribution in [2.24, 2.45) is 0 Å². The fraction of sp³-hybridized carbons (Fsp3) is 0.471. The number of likely N-dealkylation sites (tertiary alicyclic amines) is 1.